The zero-order chi connectivity index (χ0) is 9.90. The van der Waals surface area contributed by atoms with Crippen molar-refractivity contribution in [1.29, 1.82) is 0 Å². The molecule has 0 heterocycles. The molecule has 0 aromatic rings. The van der Waals surface area contributed by atoms with Crippen molar-refractivity contribution in [3.05, 3.63) is 12.7 Å². The summed E-state index contributed by atoms with van der Waals surface area (Å²) in [6.45, 7) is 3.60. The molecule has 0 radical (unpaired) electrons. The lowest BCUT2D eigenvalue weighted by Crippen LogP contribution is -2.38. The van der Waals surface area contributed by atoms with Gasteiger partial charge in [-0.1, -0.05) is 6.08 Å². The molecule has 13 heavy (non-hydrogen) atoms. The number of ether oxygens (including phenoxy) is 1. The highest BCUT2D eigenvalue weighted by atomic mass is 16.5. The van der Waals surface area contributed by atoms with Crippen molar-refractivity contribution in [2.45, 2.75) is 31.8 Å². The summed E-state index contributed by atoms with van der Waals surface area (Å²) in [5.74, 6) is -0.308. The lowest BCUT2D eigenvalue weighted by atomic mass is 9.81. The van der Waals surface area contributed by atoms with Crippen LogP contribution in [-0.2, 0) is 9.53 Å². The van der Waals surface area contributed by atoms with E-state index in [1.165, 1.54) is 7.11 Å². The Labute approximate surface area is 78.4 Å². The van der Waals surface area contributed by atoms with Gasteiger partial charge in [0.25, 0.3) is 0 Å². The molecule has 1 aliphatic carbocycles. The second kappa shape index (κ2) is 3.92. The minimum absolute atomic E-state index is 0.308. The van der Waals surface area contributed by atoms with Crippen LogP contribution in [0, 0.1) is 5.41 Å². The normalized spacial score (nSPS) is 32.9. The fraction of sp³-hybridized carbons (Fsp3) is 0.700. The number of methoxy groups -OCH3 is 1. The van der Waals surface area contributed by atoms with Gasteiger partial charge in [-0.05, 0) is 25.7 Å². The van der Waals surface area contributed by atoms with Crippen LogP contribution in [0.25, 0.3) is 0 Å². The third kappa shape index (κ3) is 1.61. The summed E-state index contributed by atoms with van der Waals surface area (Å²) >= 11 is 0. The lowest BCUT2D eigenvalue weighted by Gasteiger charge is -2.28. The molecule has 1 saturated carbocycles. The monoisotopic (exact) mass is 184 g/mol. The molecule has 1 aliphatic rings. The summed E-state index contributed by atoms with van der Waals surface area (Å²) in [5.41, 5.74) is -0.712. The van der Waals surface area contributed by atoms with Gasteiger partial charge < -0.3 is 9.84 Å². The zero-order valence-corrected chi connectivity index (χ0v) is 7.95. The topological polar surface area (TPSA) is 46.5 Å². The molecule has 74 valence electrons. The van der Waals surface area contributed by atoms with Gasteiger partial charge in [-0.25, -0.2) is 0 Å². The first kappa shape index (κ1) is 10.3. The molecule has 3 heteroatoms. The molecule has 0 aromatic heterocycles. The Kier molecular flexibility index (Phi) is 3.09. The van der Waals surface area contributed by atoms with Crippen LogP contribution in [0.5, 0.6) is 0 Å². The van der Waals surface area contributed by atoms with Gasteiger partial charge >= 0.3 is 5.97 Å². The van der Waals surface area contributed by atoms with E-state index in [0.717, 1.165) is 6.42 Å². The van der Waals surface area contributed by atoms with E-state index in [-0.39, 0.29) is 5.97 Å². The van der Waals surface area contributed by atoms with E-state index >= 15 is 0 Å². The highest BCUT2D eigenvalue weighted by molar-refractivity contribution is 5.78. The first-order valence-corrected chi connectivity index (χ1v) is 4.55. The molecular formula is C10H16O3. The molecule has 2 unspecified atom stereocenters. The van der Waals surface area contributed by atoms with Crippen molar-refractivity contribution in [1.82, 2.24) is 0 Å². The number of carbonyl (C=O) groups is 1. The molecule has 0 aromatic carbocycles. The van der Waals surface area contributed by atoms with Crippen molar-refractivity contribution >= 4 is 5.97 Å². The van der Waals surface area contributed by atoms with E-state index < -0.39 is 11.5 Å². The minimum atomic E-state index is -0.712. The number of hydrogen-bond donors (Lipinski definition) is 1. The Morgan fingerprint density at radius 3 is 2.92 bits per heavy atom. The second-order valence-electron chi connectivity index (χ2n) is 3.55. The van der Waals surface area contributed by atoms with Gasteiger partial charge in [0.05, 0.1) is 18.6 Å². The van der Waals surface area contributed by atoms with Crippen molar-refractivity contribution in [2.24, 2.45) is 5.41 Å². The molecule has 0 amide bonds. The highest BCUT2D eigenvalue weighted by Gasteiger charge is 2.48. The Morgan fingerprint density at radius 2 is 2.54 bits per heavy atom. The summed E-state index contributed by atoms with van der Waals surface area (Å²) in [6, 6.07) is 0. The first-order chi connectivity index (χ1) is 6.17. The maximum atomic E-state index is 11.5. The Bertz CT molecular complexity index is 212. The molecule has 0 aliphatic heterocycles. The average Bonchev–Trinajstić information content (AvgIpc) is 2.48. The van der Waals surface area contributed by atoms with Crippen LogP contribution in [0.1, 0.15) is 25.7 Å². The first-order valence-electron chi connectivity index (χ1n) is 4.55. The van der Waals surface area contributed by atoms with Crippen LogP contribution in [0.4, 0.5) is 0 Å². The summed E-state index contributed by atoms with van der Waals surface area (Å²) in [5, 5.41) is 9.72. The number of hydrogen-bond acceptors (Lipinski definition) is 3. The summed E-state index contributed by atoms with van der Waals surface area (Å²) in [6.07, 6.45) is 3.87. The Balaban J connectivity index is 2.85. The fourth-order valence-corrected chi connectivity index (χ4v) is 2.07. The smallest absolute Gasteiger partial charge is 0.314 e. The standard InChI is InChI=1S/C10H16O3/c1-3-6-10(9(12)13-2)7-4-5-8(10)11/h3,8,11H,1,4-7H2,2H3. The van der Waals surface area contributed by atoms with E-state index in [0.29, 0.717) is 19.3 Å². The number of allylic oxidation sites excluding steroid dienone is 1. The fourth-order valence-electron chi connectivity index (χ4n) is 2.07. The van der Waals surface area contributed by atoms with Gasteiger partial charge in [0.1, 0.15) is 0 Å². The Hall–Kier alpha value is -0.830. The lowest BCUT2D eigenvalue weighted by molar-refractivity contribution is -0.158. The molecule has 0 bridgehead atoms. The van der Waals surface area contributed by atoms with E-state index in [4.69, 9.17) is 4.74 Å². The van der Waals surface area contributed by atoms with Gasteiger partial charge in [-0.3, -0.25) is 4.79 Å². The third-order valence-corrected chi connectivity index (χ3v) is 2.84. The van der Waals surface area contributed by atoms with Crippen LogP contribution in [0.3, 0.4) is 0 Å². The molecule has 2 atom stereocenters. The minimum Gasteiger partial charge on any atom is -0.469 e. The number of esters is 1. The number of rotatable bonds is 3. The predicted octanol–water partition coefficient (Wildman–Crippen LogP) is 1.27. The molecule has 0 saturated heterocycles. The SMILES string of the molecule is C=CCC1(C(=O)OC)CCCC1O. The van der Waals surface area contributed by atoms with Crippen LogP contribution in [0.2, 0.25) is 0 Å². The molecule has 3 nitrogen and oxygen atoms in total. The highest BCUT2D eigenvalue weighted by Crippen LogP contribution is 2.42. The predicted molar refractivity (Wildman–Crippen MR) is 49.1 cm³/mol. The van der Waals surface area contributed by atoms with Crippen molar-refractivity contribution in [3.63, 3.8) is 0 Å². The van der Waals surface area contributed by atoms with Gasteiger partial charge in [0, 0.05) is 0 Å². The maximum absolute atomic E-state index is 11.5. The largest absolute Gasteiger partial charge is 0.469 e. The average molecular weight is 184 g/mol. The van der Waals surface area contributed by atoms with E-state index in [9.17, 15) is 9.90 Å². The number of aliphatic hydroxyl groups excluding tert-OH is 1. The quantitative estimate of drug-likeness (QED) is 0.530. The molecule has 1 rings (SSSR count). The second-order valence-corrected chi connectivity index (χ2v) is 3.55. The molecular weight excluding hydrogens is 168 g/mol. The molecule has 1 N–H and O–H groups in total. The van der Waals surface area contributed by atoms with Crippen molar-refractivity contribution in [2.75, 3.05) is 7.11 Å². The van der Waals surface area contributed by atoms with Crippen LogP contribution in [-0.4, -0.2) is 24.3 Å². The molecule has 1 fully saturated rings. The van der Waals surface area contributed by atoms with E-state index in [1.54, 1.807) is 6.08 Å². The van der Waals surface area contributed by atoms with Crippen LogP contribution >= 0.6 is 0 Å². The number of carbonyl (C=O) groups excluding carboxylic acids is 1. The Morgan fingerprint density at radius 1 is 1.85 bits per heavy atom. The van der Waals surface area contributed by atoms with Gasteiger partial charge in [0.2, 0.25) is 0 Å². The maximum Gasteiger partial charge on any atom is 0.314 e. The van der Waals surface area contributed by atoms with Crippen molar-refractivity contribution in [3.8, 4) is 0 Å². The van der Waals surface area contributed by atoms with Crippen molar-refractivity contribution < 1.29 is 14.6 Å². The van der Waals surface area contributed by atoms with E-state index in [2.05, 4.69) is 6.58 Å². The third-order valence-electron chi connectivity index (χ3n) is 2.84. The van der Waals surface area contributed by atoms with E-state index in [1.807, 2.05) is 0 Å². The van der Waals surface area contributed by atoms with Crippen LogP contribution in [0.15, 0.2) is 12.7 Å². The molecule has 0 spiro atoms. The van der Waals surface area contributed by atoms with Gasteiger partial charge in [0.15, 0.2) is 0 Å². The van der Waals surface area contributed by atoms with Gasteiger partial charge in [-0.15, -0.1) is 6.58 Å². The summed E-state index contributed by atoms with van der Waals surface area (Å²) < 4.78 is 4.71. The zero-order valence-electron chi connectivity index (χ0n) is 7.95. The van der Waals surface area contributed by atoms with Gasteiger partial charge in [-0.2, -0.15) is 0 Å². The summed E-state index contributed by atoms with van der Waals surface area (Å²) in [7, 11) is 1.36. The summed E-state index contributed by atoms with van der Waals surface area (Å²) in [4.78, 5) is 11.5. The van der Waals surface area contributed by atoms with Crippen LogP contribution < -0.4 is 0 Å². The number of aliphatic hydroxyl groups is 1.